The minimum absolute atomic E-state index is 0.448. The maximum atomic E-state index is 4.71. The summed E-state index contributed by atoms with van der Waals surface area (Å²) in [5.41, 5.74) is 2.59. The number of aromatic nitrogens is 2. The number of hydrogen-bond donors (Lipinski definition) is 1. The van der Waals surface area contributed by atoms with Crippen LogP contribution in [0.1, 0.15) is 77.7 Å². The molecule has 0 aliphatic carbocycles. The van der Waals surface area contributed by atoms with E-state index >= 15 is 0 Å². The van der Waals surface area contributed by atoms with Crippen molar-refractivity contribution in [2.24, 2.45) is 5.92 Å². The van der Waals surface area contributed by atoms with Crippen LogP contribution in [0.4, 0.5) is 0 Å². The quantitative estimate of drug-likeness (QED) is 0.691. The molecule has 0 aromatic carbocycles. The number of hydrogen-bond acceptors (Lipinski definition) is 2. The molecule has 0 saturated carbocycles. The van der Waals surface area contributed by atoms with Gasteiger partial charge in [0.1, 0.15) is 0 Å². The molecule has 0 aliphatic rings. The van der Waals surface area contributed by atoms with Gasteiger partial charge in [0, 0.05) is 12.6 Å². The first-order valence-corrected chi connectivity index (χ1v) is 8.46. The van der Waals surface area contributed by atoms with Gasteiger partial charge in [-0.2, -0.15) is 5.10 Å². The Morgan fingerprint density at radius 2 is 1.95 bits per heavy atom. The van der Waals surface area contributed by atoms with Crippen LogP contribution in [0, 0.1) is 5.92 Å². The molecule has 0 amide bonds. The molecule has 20 heavy (non-hydrogen) atoms. The van der Waals surface area contributed by atoms with Crippen LogP contribution < -0.4 is 5.32 Å². The minimum atomic E-state index is 0.448. The largest absolute Gasteiger partial charge is 0.309 e. The third kappa shape index (κ3) is 4.93. The monoisotopic (exact) mass is 279 g/mol. The molecule has 0 radical (unpaired) electrons. The van der Waals surface area contributed by atoms with Crippen molar-refractivity contribution in [2.75, 3.05) is 6.54 Å². The fraction of sp³-hybridized carbons (Fsp3) is 0.824. The molecule has 2 unspecified atom stereocenters. The summed E-state index contributed by atoms with van der Waals surface area (Å²) in [5, 5.41) is 8.43. The average molecular weight is 279 g/mol. The van der Waals surface area contributed by atoms with Gasteiger partial charge in [0.2, 0.25) is 0 Å². The van der Waals surface area contributed by atoms with E-state index in [-0.39, 0.29) is 0 Å². The molecule has 1 aromatic heterocycles. The second-order valence-corrected chi connectivity index (χ2v) is 5.87. The van der Waals surface area contributed by atoms with Crippen molar-refractivity contribution in [1.82, 2.24) is 15.1 Å². The molecule has 0 aliphatic heterocycles. The maximum Gasteiger partial charge on any atom is 0.0625 e. The number of nitrogens with one attached hydrogen (secondary N) is 1. The van der Waals surface area contributed by atoms with Crippen molar-refractivity contribution < 1.29 is 0 Å². The second kappa shape index (κ2) is 9.17. The molecular formula is C17H33N3. The molecule has 1 aromatic rings. The summed E-state index contributed by atoms with van der Waals surface area (Å²) in [6, 6.07) is 2.75. The van der Waals surface area contributed by atoms with Gasteiger partial charge in [0.15, 0.2) is 0 Å². The molecule has 0 saturated heterocycles. The molecule has 3 nitrogen and oxygen atoms in total. The van der Waals surface area contributed by atoms with E-state index in [2.05, 4.69) is 50.7 Å². The summed E-state index contributed by atoms with van der Waals surface area (Å²) >= 11 is 0. The number of nitrogens with zero attached hydrogens (tertiary/aromatic N) is 2. The summed E-state index contributed by atoms with van der Waals surface area (Å²) in [4.78, 5) is 0. The van der Waals surface area contributed by atoms with Crippen LogP contribution in [0.5, 0.6) is 0 Å². The molecule has 0 bridgehead atoms. The Morgan fingerprint density at radius 3 is 2.50 bits per heavy atom. The van der Waals surface area contributed by atoms with Crippen LogP contribution in [-0.4, -0.2) is 16.3 Å². The van der Waals surface area contributed by atoms with Crippen LogP contribution in [0.15, 0.2) is 6.07 Å². The van der Waals surface area contributed by atoms with Gasteiger partial charge in [-0.05, 0) is 44.7 Å². The Kier molecular flexibility index (Phi) is 7.90. The van der Waals surface area contributed by atoms with E-state index in [1.54, 1.807) is 0 Å². The molecule has 0 fully saturated rings. The Labute approximate surface area is 125 Å². The van der Waals surface area contributed by atoms with Crippen LogP contribution >= 0.6 is 0 Å². The lowest BCUT2D eigenvalue weighted by atomic mass is 9.95. The van der Waals surface area contributed by atoms with E-state index in [9.17, 15) is 0 Å². The zero-order valence-corrected chi connectivity index (χ0v) is 14.1. The molecule has 1 rings (SSSR count). The van der Waals surface area contributed by atoms with E-state index in [1.807, 2.05) is 0 Å². The van der Waals surface area contributed by atoms with Gasteiger partial charge in [-0.3, -0.25) is 4.68 Å². The lowest BCUT2D eigenvalue weighted by Crippen LogP contribution is -2.26. The summed E-state index contributed by atoms with van der Waals surface area (Å²) in [6.07, 6.45) is 5.99. The van der Waals surface area contributed by atoms with Gasteiger partial charge >= 0.3 is 0 Å². The Bertz CT molecular complexity index is 370. The Morgan fingerprint density at radius 1 is 1.20 bits per heavy atom. The van der Waals surface area contributed by atoms with Gasteiger partial charge in [0.25, 0.3) is 0 Å². The summed E-state index contributed by atoms with van der Waals surface area (Å²) < 4.78 is 2.19. The summed E-state index contributed by atoms with van der Waals surface area (Å²) in [6.45, 7) is 13.3. The van der Waals surface area contributed by atoms with Gasteiger partial charge in [-0.15, -0.1) is 0 Å². The average Bonchev–Trinajstić information content (AvgIpc) is 2.87. The predicted molar refractivity (Wildman–Crippen MR) is 87.0 cm³/mol. The highest BCUT2D eigenvalue weighted by atomic mass is 15.3. The highest BCUT2D eigenvalue weighted by Crippen LogP contribution is 2.25. The smallest absolute Gasteiger partial charge is 0.0625 e. The Balaban J connectivity index is 2.87. The highest BCUT2D eigenvalue weighted by molar-refractivity contribution is 5.15. The lowest BCUT2D eigenvalue weighted by molar-refractivity contribution is 0.372. The maximum absolute atomic E-state index is 4.71. The van der Waals surface area contributed by atoms with Gasteiger partial charge in [-0.25, -0.2) is 0 Å². The van der Waals surface area contributed by atoms with Crippen molar-refractivity contribution in [3.63, 3.8) is 0 Å². The zero-order valence-electron chi connectivity index (χ0n) is 14.1. The van der Waals surface area contributed by atoms with Gasteiger partial charge in [-0.1, -0.05) is 40.5 Å². The van der Waals surface area contributed by atoms with Crippen molar-refractivity contribution in [2.45, 2.75) is 79.3 Å². The first kappa shape index (κ1) is 17.2. The third-order valence-corrected chi connectivity index (χ3v) is 3.94. The van der Waals surface area contributed by atoms with Gasteiger partial charge < -0.3 is 5.32 Å². The predicted octanol–water partition coefficient (Wildman–Crippen LogP) is 4.33. The van der Waals surface area contributed by atoms with E-state index in [0.717, 1.165) is 25.4 Å². The highest BCUT2D eigenvalue weighted by Gasteiger charge is 2.19. The number of aryl methyl sites for hydroxylation is 2. The molecule has 1 N–H and O–H groups in total. The molecule has 116 valence electrons. The third-order valence-electron chi connectivity index (χ3n) is 3.94. The topological polar surface area (TPSA) is 29.9 Å². The van der Waals surface area contributed by atoms with Crippen molar-refractivity contribution in [3.8, 4) is 0 Å². The fourth-order valence-electron chi connectivity index (χ4n) is 2.83. The summed E-state index contributed by atoms with van der Waals surface area (Å²) in [5.74, 6) is 0.764. The first-order valence-electron chi connectivity index (χ1n) is 8.46. The number of rotatable bonds is 10. The second-order valence-electron chi connectivity index (χ2n) is 5.87. The van der Waals surface area contributed by atoms with Crippen LogP contribution in [0.2, 0.25) is 0 Å². The molecule has 1 heterocycles. The van der Waals surface area contributed by atoms with Crippen LogP contribution in [0.25, 0.3) is 0 Å². The molecule has 3 heteroatoms. The molecular weight excluding hydrogens is 246 g/mol. The summed E-state index contributed by atoms with van der Waals surface area (Å²) in [7, 11) is 0. The molecule has 2 atom stereocenters. The van der Waals surface area contributed by atoms with Crippen molar-refractivity contribution >= 4 is 0 Å². The van der Waals surface area contributed by atoms with Crippen molar-refractivity contribution in [3.05, 3.63) is 17.5 Å². The van der Waals surface area contributed by atoms with Crippen LogP contribution in [0.3, 0.4) is 0 Å². The van der Waals surface area contributed by atoms with E-state index < -0.39 is 0 Å². The fourth-order valence-corrected chi connectivity index (χ4v) is 2.83. The van der Waals surface area contributed by atoms with Crippen LogP contribution in [-0.2, 0) is 13.0 Å². The van der Waals surface area contributed by atoms with E-state index in [1.165, 1.54) is 37.1 Å². The normalized spacial score (nSPS) is 14.4. The van der Waals surface area contributed by atoms with E-state index in [0.29, 0.717) is 6.04 Å². The minimum Gasteiger partial charge on any atom is -0.309 e. The first-order chi connectivity index (χ1) is 9.65. The van der Waals surface area contributed by atoms with Gasteiger partial charge in [0.05, 0.1) is 11.4 Å². The Hall–Kier alpha value is -0.830. The molecule has 0 spiro atoms. The lowest BCUT2D eigenvalue weighted by Gasteiger charge is -2.23. The van der Waals surface area contributed by atoms with Crippen molar-refractivity contribution in [1.29, 1.82) is 0 Å². The van der Waals surface area contributed by atoms with E-state index in [4.69, 9.17) is 5.10 Å². The SMILES string of the molecule is CCCNC(CC(C)CCC)c1cc(CC)nn1CC. The zero-order chi connectivity index (χ0) is 15.0. The standard InChI is InChI=1S/C17H33N3/c1-6-10-14(5)12-16(18-11-7-2)17-13-15(8-3)19-20(17)9-4/h13-14,16,18H,6-12H2,1-5H3.